The summed E-state index contributed by atoms with van der Waals surface area (Å²) >= 11 is 1.79. The van der Waals surface area contributed by atoms with Crippen LogP contribution in [-0.4, -0.2) is 36.2 Å². The third kappa shape index (κ3) is 2.45. The van der Waals surface area contributed by atoms with Gasteiger partial charge in [0.25, 0.3) is 5.91 Å². The number of fused-ring (bicyclic) bond motifs is 3. The normalized spacial score (nSPS) is 20.4. The van der Waals surface area contributed by atoms with Crippen molar-refractivity contribution in [1.82, 2.24) is 10.2 Å². The van der Waals surface area contributed by atoms with Crippen molar-refractivity contribution < 1.29 is 4.79 Å². The van der Waals surface area contributed by atoms with Crippen LogP contribution in [0.1, 0.15) is 41.4 Å². The van der Waals surface area contributed by atoms with Crippen LogP contribution in [-0.2, 0) is 6.42 Å². The van der Waals surface area contributed by atoms with Crippen molar-refractivity contribution in [3.63, 3.8) is 0 Å². The zero-order chi connectivity index (χ0) is 13.4. The molecule has 5 heteroatoms. The molecule has 1 aromatic rings. The summed E-state index contributed by atoms with van der Waals surface area (Å²) < 4.78 is 0. The number of amides is 1. The molecule has 0 aliphatic carbocycles. The predicted octanol–water partition coefficient (Wildman–Crippen LogP) is 2.88. The highest BCUT2D eigenvalue weighted by molar-refractivity contribution is 7.99. The lowest BCUT2D eigenvalue weighted by atomic mass is 9.99. The molecule has 0 saturated carbocycles. The molecule has 0 aromatic heterocycles. The van der Waals surface area contributed by atoms with Crippen LogP contribution < -0.4 is 5.32 Å². The zero-order valence-corrected chi connectivity index (χ0v) is 13.6. The topological polar surface area (TPSA) is 32.3 Å². The average Bonchev–Trinajstić information content (AvgIpc) is 2.73. The van der Waals surface area contributed by atoms with Crippen LogP contribution in [0, 0.1) is 0 Å². The minimum absolute atomic E-state index is 0. The standard InChI is InChI=1S/C15H20N2OS.ClH/c1-3-10-7-11-12-9-16-5-6-17(12)15(18)14(11)13(8-10)19-4-2;/h7-8,12,16H,3-6,9H2,1-2H3;1H/t12-;/m1./s1. The van der Waals surface area contributed by atoms with Gasteiger partial charge in [-0.05, 0) is 29.4 Å². The molecule has 0 bridgehead atoms. The molecule has 110 valence electrons. The van der Waals surface area contributed by atoms with Crippen LogP contribution >= 0.6 is 24.2 Å². The van der Waals surface area contributed by atoms with E-state index in [9.17, 15) is 4.79 Å². The molecule has 1 fully saturated rings. The maximum Gasteiger partial charge on any atom is 0.255 e. The van der Waals surface area contributed by atoms with E-state index in [4.69, 9.17) is 0 Å². The van der Waals surface area contributed by atoms with Gasteiger partial charge in [-0.15, -0.1) is 24.2 Å². The average molecular weight is 313 g/mol. The number of benzene rings is 1. The van der Waals surface area contributed by atoms with E-state index in [0.29, 0.717) is 0 Å². The number of thioether (sulfide) groups is 1. The molecule has 3 nitrogen and oxygen atoms in total. The smallest absolute Gasteiger partial charge is 0.255 e. The lowest BCUT2D eigenvalue weighted by Gasteiger charge is -2.30. The van der Waals surface area contributed by atoms with Gasteiger partial charge in [-0.1, -0.05) is 19.9 Å². The first-order chi connectivity index (χ1) is 9.26. The molecule has 20 heavy (non-hydrogen) atoms. The second-order valence-electron chi connectivity index (χ2n) is 5.06. The van der Waals surface area contributed by atoms with Gasteiger partial charge in [0.05, 0.1) is 11.6 Å². The van der Waals surface area contributed by atoms with Gasteiger partial charge >= 0.3 is 0 Å². The second kappa shape index (κ2) is 6.37. The lowest BCUT2D eigenvalue weighted by Crippen LogP contribution is -2.44. The molecule has 1 N–H and O–H groups in total. The minimum Gasteiger partial charge on any atom is -0.329 e. The number of hydrogen-bond acceptors (Lipinski definition) is 3. The van der Waals surface area contributed by atoms with Crippen LogP contribution in [0.4, 0.5) is 0 Å². The van der Waals surface area contributed by atoms with Crippen LogP contribution in [0.3, 0.4) is 0 Å². The molecule has 0 spiro atoms. The summed E-state index contributed by atoms with van der Waals surface area (Å²) in [4.78, 5) is 15.8. The van der Waals surface area contributed by atoms with Gasteiger partial charge in [-0.25, -0.2) is 0 Å². The molecule has 3 rings (SSSR count). The van der Waals surface area contributed by atoms with Crippen LogP contribution in [0.2, 0.25) is 0 Å². The Hall–Kier alpha value is -0.710. The Bertz CT molecular complexity index is 521. The lowest BCUT2D eigenvalue weighted by molar-refractivity contribution is 0.0688. The largest absolute Gasteiger partial charge is 0.329 e. The first-order valence-electron chi connectivity index (χ1n) is 7.07. The van der Waals surface area contributed by atoms with Gasteiger partial charge in [0.1, 0.15) is 0 Å². The molecular weight excluding hydrogens is 292 g/mol. The van der Waals surface area contributed by atoms with E-state index in [0.717, 1.165) is 37.4 Å². The van der Waals surface area contributed by atoms with E-state index < -0.39 is 0 Å². The number of piperazine rings is 1. The monoisotopic (exact) mass is 312 g/mol. The Kier molecular flexibility index (Phi) is 4.99. The van der Waals surface area contributed by atoms with E-state index in [1.54, 1.807) is 11.8 Å². The van der Waals surface area contributed by atoms with Crippen molar-refractivity contribution in [2.24, 2.45) is 0 Å². The maximum absolute atomic E-state index is 12.6. The Morgan fingerprint density at radius 2 is 2.20 bits per heavy atom. The maximum atomic E-state index is 12.6. The van der Waals surface area contributed by atoms with Gasteiger partial charge in [0.2, 0.25) is 0 Å². The first kappa shape index (κ1) is 15.7. The quantitative estimate of drug-likeness (QED) is 0.871. The Labute approximate surface area is 130 Å². The van der Waals surface area contributed by atoms with E-state index >= 15 is 0 Å². The summed E-state index contributed by atoms with van der Waals surface area (Å²) in [7, 11) is 0. The van der Waals surface area contributed by atoms with Gasteiger partial charge in [0, 0.05) is 24.5 Å². The molecule has 2 heterocycles. The van der Waals surface area contributed by atoms with Crippen molar-refractivity contribution in [3.05, 3.63) is 28.8 Å². The third-order valence-electron chi connectivity index (χ3n) is 3.98. The highest BCUT2D eigenvalue weighted by Crippen LogP contribution is 2.40. The van der Waals surface area contributed by atoms with E-state index in [-0.39, 0.29) is 24.4 Å². The minimum atomic E-state index is 0. The molecule has 2 aliphatic heterocycles. The van der Waals surface area contributed by atoms with Gasteiger partial charge in [-0.3, -0.25) is 4.79 Å². The van der Waals surface area contributed by atoms with Crippen LogP contribution in [0.5, 0.6) is 0 Å². The first-order valence-corrected chi connectivity index (χ1v) is 8.06. The number of aryl methyl sites for hydroxylation is 1. The van der Waals surface area contributed by atoms with Crippen molar-refractivity contribution in [1.29, 1.82) is 0 Å². The van der Waals surface area contributed by atoms with Gasteiger partial charge in [-0.2, -0.15) is 0 Å². The summed E-state index contributed by atoms with van der Waals surface area (Å²) in [6.45, 7) is 6.95. The van der Waals surface area contributed by atoms with E-state index in [1.807, 2.05) is 4.90 Å². The molecular formula is C15H21ClN2OS. The summed E-state index contributed by atoms with van der Waals surface area (Å²) in [5.41, 5.74) is 3.56. The molecule has 0 radical (unpaired) electrons. The second-order valence-corrected chi connectivity index (χ2v) is 6.37. The highest BCUT2D eigenvalue weighted by atomic mass is 35.5. The number of halogens is 1. The SMILES string of the molecule is CCSc1cc(CC)cc2c1C(=O)N1CCNC[C@H]21.Cl. The number of carbonyl (C=O) groups excluding carboxylic acids is 1. The molecule has 1 saturated heterocycles. The van der Waals surface area contributed by atoms with Crippen molar-refractivity contribution in [2.45, 2.75) is 31.2 Å². The molecule has 1 aromatic carbocycles. The fourth-order valence-corrected chi connectivity index (χ4v) is 3.93. The number of rotatable bonds is 3. The third-order valence-corrected chi connectivity index (χ3v) is 4.90. The van der Waals surface area contributed by atoms with Crippen LogP contribution in [0.25, 0.3) is 0 Å². The molecule has 0 unspecified atom stereocenters. The highest BCUT2D eigenvalue weighted by Gasteiger charge is 2.39. The van der Waals surface area contributed by atoms with Gasteiger partial charge in [0.15, 0.2) is 0 Å². The summed E-state index contributed by atoms with van der Waals surface area (Å²) in [5.74, 6) is 1.25. The number of nitrogens with one attached hydrogen (secondary N) is 1. The van der Waals surface area contributed by atoms with E-state index in [1.165, 1.54) is 16.0 Å². The van der Waals surface area contributed by atoms with Crippen molar-refractivity contribution >= 4 is 30.1 Å². The van der Waals surface area contributed by atoms with Crippen molar-refractivity contribution in [3.8, 4) is 0 Å². The molecule has 2 aliphatic rings. The Balaban J connectivity index is 0.00000147. The Morgan fingerprint density at radius 3 is 2.90 bits per heavy atom. The number of nitrogens with zero attached hydrogens (tertiary/aromatic N) is 1. The van der Waals surface area contributed by atoms with E-state index in [2.05, 4.69) is 31.3 Å². The molecule has 1 atom stereocenters. The Morgan fingerprint density at radius 1 is 1.40 bits per heavy atom. The fourth-order valence-electron chi connectivity index (χ4n) is 3.03. The van der Waals surface area contributed by atoms with Crippen molar-refractivity contribution in [2.75, 3.05) is 25.4 Å². The summed E-state index contributed by atoms with van der Waals surface area (Å²) in [5, 5.41) is 3.41. The molecule has 1 amide bonds. The predicted molar refractivity (Wildman–Crippen MR) is 86.1 cm³/mol. The summed E-state index contributed by atoms with van der Waals surface area (Å²) in [6, 6.07) is 4.69. The summed E-state index contributed by atoms with van der Waals surface area (Å²) in [6.07, 6.45) is 1.03. The zero-order valence-electron chi connectivity index (χ0n) is 11.9. The number of hydrogen-bond donors (Lipinski definition) is 1. The van der Waals surface area contributed by atoms with Gasteiger partial charge < -0.3 is 10.2 Å². The number of carbonyl (C=O) groups is 1. The fraction of sp³-hybridized carbons (Fsp3) is 0.533. The van der Waals surface area contributed by atoms with Crippen LogP contribution in [0.15, 0.2) is 17.0 Å².